The van der Waals surface area contributed by atoms with Crippen molar-refractivity contribution < 1.29 is 23.0 Å². The monoisotopic (exact) mass is 648 g/mol. The summed E-state index contributed by atoms with van der Waals surface area (Å²) in [6, 6.07) is 24.1. The lowest BCUT2D eigenvalue weighted by Crippen LogP contribution is -2.33. The topological polar surface area (TPSA) is 105 Å². The number of nitrogens with zero attached hydrogens (tertiary/aromatic N) is 3. The van der Waals surface area contributed by atoms with Crippen molar-refractivity contribution in [3.05, 3.63) is 113 Å². The number of aryl methyl sites for hydroxylation is 2. The molecule has 46 heavy (non-hydrogen) atoms. The highest BCUT2D eigenvalue weighted by Crippen LogP contribution is 2.17. The first-order valence-corrected chi connectivity index (χ1v) is 16.3. The van der Waals surface area contributed by atoms with Gasteiger partial charge in [0.1, 0.15) is 29.3 Å². The van der Waals surface area contributed by atoms with Crippen LogP contribution in [0.5, 0.6) is 5.75 Å². The molecule has 0 spiro atoms. The Labute approximate surface area is 276 Å². The van der Waals surface area contributed by atoms with E-state index in [0.717, 1.165) is 35.1 Å². The summed E-state index contributed by atoms with van der Waals surface area (Å²) < 4.78 is 25.2. The molecule has 0 aliphatic rings. The highest BCUT2D eigenvalue weighted by atomic mass is 32.2. The molecule has 4 rings (SSSR count). The Morgan fingerprint density at radius 1 is 1.02 bits per heavy atom. The summed E-state index contributed by atoms with van der Waals surface area (Å²) >= 11 is 0. The van der Waals surface area contributed by atoms with Crippen molar-refractivity contribution in [2.45, 2.75) is 45.6 Å². The van der Waals surface area contributed by atoms with Crippen LogP contribution in [-0.4, -0.2) is 71.4 Å². The number of nitrogens with one attached hydrogen (secondary N) is 1. The molecule has 1 unspecified atom stereocenters. The Balaban J connectivity index is 0.000000348. The molecule has 0 aliphatic carbocycles. The zero-order valence-electron chi connectivity index (χ0n) is 28.1. The van der Waals surface area contributed by atoms with E-state index < -0.39 is 11.0 Å². The number of ether oxygens (including phenoxy) is 1. The van der Waals surface area contributed by atoms with Crippen LogP contribution in [0.25, 0.3) is 0 Å². The van der Waals surface area contributed by atoms with Gasteiger partial charge in [-0.3, -0.25) is 9.59 Å². The summed E-state index contributed by atoms with van der Waals surface area (Å²) in [6.45, 7) is 10.7. The molecule has 0 saturated heterocycles. The van der Waals surface area contributed by atoms with Gasteiger partial charge in [0.2, 0.25) is 5.89 Å². The van der Waals surface area contributed by atoms with E-state index in [1.165, 1.54) is 5.56 Å². The number of oxazole rings is 1. The standard InChI is InChI=1S/C22H28N2O4S.C7H12N2O.C7H8/c1-17(2)15-24(29(27)21-10-8-20(28-3)9-11-21)13-5-12-23-22(26)19-7-4-6-18(14-19)16-25;1-6-5-10-7(8-6)4-9(2)3;1-7-5-3-2-4-6-7/h4,6-11,14,16-17H,5,12-13,15H2,1-3H3,(H,23,26);5H,4H2,1-3H3;2-6H,1H3. The molecule has 0 saturated carbocycles. The van der Waals surface area contributed by atoms with E-state index in [1.54, 1.807) is 49.8 Å². The van der Waals surface area contributed by atoms with Gasteiger partial charge in [-0.2, -0.15) is 0 Å². The van der Waals surface area contributed by atoms with Crippen LogP contribution in [-0.2, 0) is 17.5 Å². The SMILES string of the molecule is COc1ccc(S(=O)N(CCCNC(=O)c2cccc(C=O)c2)CC(C)C)cc1.Cc1ccccc1.Cc1coc(CN(C)C)n1. The molecule has 1 aromatic heterocycles. The van der Waals surface area contributed by atoms with Gasteiger partial charge in [-0.15, -0.1) is 0 Å². The van der Waals surface area contributed by atoms with E-state index in [-0.39, 0.29) is 5.91 Å². The highest BCUT2D eigenvalue weighted by molar-refractivity contribution is 7.82. The third-order valence-electron chi connectivity index (χ3n) is 6.28. The summed E-state index contributed by atoms with van der Waals surface area (Å²) in [5, 5.41) is 2.86. The van der Waals surface area contributed by atoms with Crippen LogP contribution in [0.3, 0.4) is 0 Å². The molecule has 248 valence electrons. The molecule has 3 aromatic carbocycles. The highest BCUT2D eigenvalue weighted by Gasteiger charge is 2.17. The maximum Gasteiger partial charge on any atom is 0.251 e. The van der Waals surface area contributed by atoms with Gasteiger partial charge in [-0.1, -0.05) is 61.9 Å². The summed E-state index contributed by atoms with van der Waals surface area (Å²) in [6.07, 6.45) is 3.04. The van der Waals surface area contributed by atoms with Gasteiger partial charge >= 0.3 is 0 Å². The van der Waals surface area contributed by atoms with Crippen molar-refractivity contribution >= 4 is 23.2 Å². The zero-order valence-corrected chi connectivity index (χ0v) is 28.9. The Morgan fingerprint density at radius 3 is 2.24 bits per heavy atom. The Hall–Kier alpha value is -4.12. The number of amides is 1. The van der Waals surface area contributed by atoms with Gasteiger partial charge in [0.25, 0.3) is 5.91 Å². The van der Waals surface area contributed by atoms with Gasteiger partial charge in [0, 0.05) is 30.8 Å². The van der Waals surface area contributed by atoms with Crippen molar-refractivity contribution in [3.8, 4) is 5.75 Å². The number of rotatable bonds is 13. The van der Waals surface area contributed by atoms with Crippen LogP contribution in [0.15, 0.2) is 94.4 Å². The maximum atomic E-state index is 13.0. The molecular formula is C36H48N4O5S. The van der Waals surface area contributed by atoms with Crippen LogP contribution in [0.4, 0.5) is 0 Å². The van der Waals surface area contributed by atoms with Gasteiger partial charge in [-0.05, 0) is 76.7 Å². The molecule has 1 atom stereocenters. The third-order valence-corrected chi connectivity index (χ3v) is 7.75. The van der Waals surface area contributed by atoms with Crippen LogP contribution in [0.1, 0.15) is 58.1 Å². The fourth-order valence-corrected chi connectivity index (χ4v) is 5.48. The number of carbonyl (C=O) groups excluding carboxylic acids is 2. The first-order valence-electron chi connectivity index (χ1n) is 15.2. The summed E-state index contributed by atoms with van der Waals surface area (Å²) in [5.41, 5.74) is 3.19. The van der Waals surface area contributed by atoms with Gasteiger partial charge in [-0.25, -0.2) is 13.5 Å². The minimum absolute atomic E-state index is 0.222. The second kappa shape index (κ2) is 20.8. The van der Waals surface area contributed by atoms with Gasteiger partial charge in [0.05, 0.1) is 24.2 Å². The molecule has 0 bridgehead atoms. The predicted octanol–water partition coefficient (Wildman–Crippen LogP) is 6.35. The van der Waals surface area contributed by atoms with Crippen molar-refractivity contribution in [1.29, 1.82) is 0 Å². The smallest absolute Gasteiger partial charge is 0.251 e. The maximum absolute atomic E-state index is 13.0. The number of aldehydes is 1. The second-order valence-corrected chi connectivity index (χ2v) is 12.8. The van der Waals surface area contributed by atoms with Crippen molar-refractivity contribution in [1.82, 2.24) is 19.5 Å². The quantitative estimate of drug-likeness (QED) is 0.133. The van der Waals surface area contributed by atoms with Crippen molar-refractivity contribution in [3.63, 3.8) is 0 Å². The van der Waals surface area contributed by atoms with E-state index in [1.807, 2.05) is 60.6 Å². The van der Waals surface area contributed by atoms with Crippen LogP contribution < -0.4 is 10.1 Å². The molecular weight excluding hydrogens is 600 g/mol. The number of benzene rings is 3. The Kier molecular flexibility index (Phi) is 17.2. The molecule has 10 heteroatoms. The van der Waals surface area contributed by atoms with E-state index in [2.05, 4.69) is 43.2 Å². The Morgan fingerprint density at radius 2 is 1.72 bits per heavy atom. The number of methoxy groups -OCH3 is 1. The lowest BCUT2D eigenvalue weighted by molar-refractivity contribution is 0.0952. The van der Waals surface area contributed by atoms with Crippen molar-refractivity contribution in [2.75, 3.05) is 40.8 Å². The average molecular weight is 649 g/mol. The lowest BCUT2D eigenvalue weighted by atomic mass is 10.1. The van der Waals surface area contributed by atoms with Crippen molar-refractivity contribution in [2.24, 2.45) is 5.92 Å². The average Bonchev–Trinajstić information content (AvgIpc) is 3.46. The fraction of sp³-hybridized carbons (Fsp3) is 0.361. The third kappa shape index (κ3) is 14.8. The van der Waals surface area contributed by atoms with E-state index >= 15 is 0 Å². The molecule has 1 heterocycles. The number of carbonyl (C=O) groups is 2. The van der Waals surface area contributed by atoms with Gasteiger partial charge in [0.15, 0.2) is 0 Å². The molecule has 0 fully saturated rings. The molecule has 1 N–H and O–H groups in total. The second-order valence-electron chi connectivity index (χ2n) is 11.3. The predicted molar refractivity (Wildman–Crippen MR) is 184 cm³/mol. The van der Waals surface area contributed by atoms with Crippen LogP contribution in [0.2, 0.25) is 0 Å². The van der Waals surface area contributed by atoms with E-state index in [9.17, 15) is 13.8 Å². The minimum Gasteiger partial charge on any atom is -0.497 e. The van der Waals surface area contributed by atoms with E-state index in [4.69, 9.17) is 9.15 Å². The molecule has 1 amide bonds. The number of hydrogen-bond donors (Lipinski definition) is 1. The summed E-state index contributed by atoms with van der Waals surface area (Å²) in [5.74, 6) is 1.64. The first kappa shape index (κ1) is 38.1. The molecule has 0 radical (unpaired) electrons. The van der Waals surface area contributed by atoms with Crippen LogP contribution in [0, 0.1) is 19.8 Å². The van der Waals surface area contributed by atoms with Crippen LogP contribution >= 0.6 is 0 Å². The largest absolute Gasteiger partial charge is 0.497 e. The Bertz CT molecular complexity index is 1470. The zero-order chi connectivity index (χ0) is 33.9. The van der Waals surface area contributed by atoms with E-state index in [0.29, 0.717) is 43.1 Å². The minimum atomic E-state index is -1.28. The van der Waals surface area contributed by atoms with Gasteiger partial charge < -0.3 is 19.4 Å². The number of hydrogen-bond acceptors (Lipinski definition) is 7. The molecule has 0 aliphatic heterocycles. The molecule has 4 aromatic rings. The fourth-order valence-electron chi connectivity index (χ4n) is 4.08. The number of aromatic nitrogens is 1. The summed E-state index contributed by atoms with van der Waals surface area (Å²) in [7, 11) is 4.29. The first-order chi connectivity index (χ1) is 22.0. The molecule has 9 nitrogen and oxygen atoms in total. The lowest BCUT2D eigenvalue weighted by Gasteiger charge is -2.23. The normalized spacial score (nSPS) is 11.3. The summed E-state index contributed by atoms with van der Waals surface area (Å²) in [4.78, 5) is 30.0.